The minimum absolute atomic E-state index is 0.0176. The van der Waals surface area contributed by atoms with E-state index in [-0.39, 0.29) is 18.1 Å². The predicted molar refractivity (Wildman–Crippen MR) is 95.3 cm³/mol. The molecule has 1 aliphatic rings. The van der Waals surface area contributed by atoms with Crippen LogP contribution in [0.25, 0.3) is 11.1 Å². The van der Waals surface area contributed by atoms with Gasteiger partial charge in [-0.3, -0.25) is 4.79 Å². The Hall–Kier alpha value is -2.17. The molecule has 24 heavy (non-hydrogen) atoms. The van der Waals surface area contributed by atoms with Crippen LogP contribution >= 0.6 is 0 Å². The second-order valence-corrected chi connectivity index (χ2v) is 6.28. The molecule has 0 unspecified atom stereocenters. The SMILES string of the molecule is CN(Cc1ccccc1-c1ccccc1)C(=O)[C@@H]1CC[C@H](CN)O1. The van der Waals surface area contributed by atoms with E-state index in [9.17, 15) is 4.79 Å². The van der Waals surface area contributed by atoms with E-state index in [0.29, 0.717) is 13.1 Å². The van der Waals surface area contributed by atoms with Crippen LogP contribution in [-0.2, 0) is 16.1 Å². The van der Waals surface area contributed by atoms with Crippen LogP contribution in [0.2, 0.25) is 0 Å². The van der Waals surface area contributed by atoms with Gasteiger partial charge in [-0.05, 0) is 29.5 Å². The number of rotatable bonds is 5. The van der Waals surface area contributed by atoms with Gasteiger partial charge < -0.3 is 15.4 Å². The van der Waals surface area contributed by atoms with Crippen LogP contribution in [0.15, 0.2) is 54.6 Å². The van der Waals surface area contributed by atoms with E-state index in [0.717, 1.165) is 29.5 Å². The van der Waals surface area contributed by atoms with Gasteiger partial charge in [-0.2, -0.15) is 0 Å². The second kappa shape index (κ2) is 7.60. The molecule has 3 rings (SSSR count). The molecule has 4 nitrogen and oxygen atoms in total. The van der Waals surface area contributed by atoms with Crippen molar-refractivity contribution >= 4 is 5.91 Å². The lowest BCUT2D eigenvalue weighted by Gasteiger charge is -2.22. The predicted octanol–water partition coefficient (Wildman–Crippen LogP) is 2.82. The first-order valence-electron chi connectivity index (χ1n) is 8.43. The Labute approximate surface area is 143 Å². The molecular weight excluding hydrogens is 300 g/mol. The molecule has 1 heterocycles. The Balaban J connectivity index is 1.73. The topological polar surface area (TPSA) is 55.6 Å². The third-order valence-electron chi connectivity index (χ3n) is 4.53. The monoisotopic (exact) mass is 324 g/mol. The fourth-order valence-corrected chi connectivity index (χ4v) is 3.20. The van der Waals surface area contributed by atoms with Gasteiger partial charge in [0.2, 0.25) is 0 Å². The highest BCUT2D eigenvalue weighted by Crippen LogP contribution is 2.26. The highest BCUT2D eigenvalue weighted by molar-refractivity contribution is 5.81. The number of carbonyl (C=O) groups is 1. The molecule has 1 amide bonds. The maximum absolute atomic E-state index is 12.6. The Morgan fingerprint density at radius 2 is 1.83 bits per heavy atom. The van der Waals surface area contributed by atoms with E-state index in [1.807, 2.05) is 37.4 Å². The molecule has 0 bridgehead atoms. The van der Waals surface area contributed by atoms with Crippen LogP contribution in [0.5, 0.6) is 0 Å². The van der Waals surface area contributed by atoms with Crippen molar-refractivity contribution in [1.29, 1.82) is 0 Å². The average molecular weight is 324 g/mol. The fraction of sp³-hybridized carbons (Fsp3) is 0.350. The molecule has 1 saturated heterocycles. The van der Waals surface area contributed by atoms with Crippen LogP contribution in [0.1, 0.15) is 18.4 Å². The number of ether oxygens (including phenoxy) is 1. The Morgan fingerprint density at radius 3 is 2.54 bits per heavy atom. The zero-order valence-corrected chi connectivity index (χ0v) is 14.0. The van der Waals surface area contributed by atoms with Gasteiger partial charge in [-0.1, -0.05) is 54.6 Å². The van der Waals surface area contributed by atoms with Crippen molar-refractivity contribution in [3.63, 3.8) is 0 Å². The van der Waals surface area contributed by atoms with E-state index in [4.69, 9.17) is 10.5 Å². The minimum Gasteiger partial charge on any atom is -0.364 e. The Bertz CT molecular complexity index is 687. The van der Waals surface area contributed by atoms with Crippen LogP contribution in [0, 0.1) is 0 Å². The smallest absolute Gasteiger partial charge is 0.251 e. The van der Waals surface area contributed by atoms with E-state index in [1.54, 1.807) is 4.90 Å². The van der Waals surface area contributed by atoms with E-state index in [2.05, 4.69) is 24.3 Å². The molecule has 126 valence electrons. The summed E-state index contributed by atoms with van der Waals surface area (Å²) in [4.78, 5) is 14.4. The summed E-state index contributed by atoms with van der Waals surface area (Å²) in [5.74, 6) is 0.0359. The van der Waals surface area contributed by atoms with Crippen molar-refractivity contribution in [2.75, 3.05) is 13.6 Å². The molecular formula is C20H24N2O2. The number of likely N-dealkylation sites (N-methyl/N-ethyl adjacent to an activating group) is 1. The molecule has 0 saturated carbocycles. The summed E-state index contributed by atoms with van der Waals surface area (Å²) in [6.45, 7) is 1.04. The number of carbonyl (C=O) groups excluding carboxylic acids is 1. The number of nitrogens with zero attached hydrogens (tertiary/aromatic N) is 1. The molecule has 2 atom stereocenters. The molecule has 2 N–H and O–H groups in total. The molecule has 2 aromatic carbocycles. The minimum atomic E-state index is -0.354. The summed E-state index contributed by atoms with van der Waals surface area (Å²) in [6.07, 6.45) is 1.28. The lowest BCUT2D eigenvalue weighted by molar-refractivity contribution is -0.141. The second-order valence-electron chi connectivity index (χ2n) is 6.28. The van der Waals surface area contributed by atoms with Gasteiger partial charge >= 0.3 is 0 Å². The molecule has 2 aromatic rings. The number of benzene rings is 2. The van der Waals surface area contributed by atoms with Crippen molar-refractivity contribution in [2.45, 2.75) is 31.6 Å². The van der Waals surface area contributed by atoms with Gasteiger partial charge in [0.25, 0.3) is 5.91 Å². The van der Waals surface area contributed by atoms with Crippen molar-refractivity contribution in [1.82, 2.24) is 4.90 Å². The van der Waals surface area contributed by atoms with Crippen molar-refractivity contribution in [3.05, 3.63) is 60.2 Å². The third-order valence-corrected chi connectivity index (χ3v) is 4.53. The molecule has 1 fully saturated rings. The lowest BCUT2D eigenvalue weighted by Crippen LogP contribution is -2.36. The highest BCUT2D eigenvalue weighted by atomic mass is 16.5. The standard InChI is InChI=1S/C20H24N2O2/c1-22(20(23)19-12-11-17(13-21)24-19)14-16-9-5-6-10-18(16)15-7-3-2-4-8-15/h2-10,17,19H,11-14,21H2,1H3/t17-,19+/m1/s1. The maximum Gasteiger partial charge on any atom is 0.251 e. The number of hydrogen-bond donors (Lipinski definition) is 1. The number of amides is 1. The number of nitrogens with two attached hydrogens (primary N) is 1. The van der Waals surface area contributed by atoms with Gasteiger partial charge in [0.1, 0.15) is 6.10 Å². The normalized spacial score (nSPS) is 20.1. The van der Waals surface area contributed by atoms with Gasteiger partial charge in [0, 0.05) is 20.1 Å². The molecule has 0 aliphatic carbocycles. The lowest BCUT2D eigenvalue weighted by atomic mass is 9.99. The summed E-state index contributed by atoms with van der Waals surface area (Å²) in [6, 6.07) is 18.5. The molecule has 1 aliphatic heterocycles. The highest BCUT2D eigenvalue weighted by Gasteiger charge is 2.31. The summed E-state index contributed by atoms with van der Waals surface area (Å²) in [7, 11) is 1.84. The summed E-state index contributed by atoms with van der Waals surface area (Å²) >= 11 is 0. The zero-order valence-electron chi connectivity index (χ0n) is 14.0. The quantitative estimate of drug-likeness (QED) is 0.920. The largest absolute Gasteiger partial charge is 0.364 e. The molecule has 0 aromatic heterocycles. The summed E-state index contributed by atoms with van der Waals surface area (Å²) in [5.41, 5.74) is 9.08. The fourth-order valence-electron chi connectivity index (χ4n) is 3.20. The molecule has 0 spiro atoms. The van der Waals surface area contributed by atoms with Gasteiger partial charge in [0.15, 0.2) is 0 Å². The maximum atomic E-state index is 12.6. The Morgan fingerprint density at radius 1 is 1.12 bits per heavy atom. The first kappa shape index (κ1) is 16.7. The zero-order chi connectivity index (χ0) is 16.9. The average Bonchev–Trinajstić information content (AvgIpc) is 3.11. The first-order valence-corrected chi connectivity index (χ1v) is 8.43. The van der Waals surface area contributed by atoms with Gasteiger partial charge in [0.05, 0.1) is 6.10 Å². The van der Waals surface area contributed by atoms with Crippen molar-refractivity contribution in [2.24, 2.45) is 5.73 Å². The molecule has 0 radical (unpaired) electrons. The third kappa shape index (κ3) is 3.66. The van der Waals surface area contributed by atoms with Gasteiger partial charge in [-0.25, -0.2) is 0 Å². The summed E-state index contributed by atoms with van der Waals surface area (Å²) in [5, 5.41) is 0. The van der Waals surface area contributed by atoms with Crippen molar-refractivity contribution in [3.8, 4) is 11.1 Å². The van der Waals surface area contributed by atoms with Crippen LogP contribution in [-0.4, -0.2) is 36.6 Å². The summed E-state index contributed by atoms with van der Waals surface area (Å²) < 4.78 is 5.73. The molecule has 4 heteroatoms. The van der Waals surface area contributed by atoms with E-state index in [1.165, 1.54) is 0 Å². The van der Waals surface area contributed by atoms with Crippen LogP contribution in [0.4, 0.5) is 0 Å². The van der Waals surface area contributed by atoms with Crippen molar-refractivity contribution < 1.29 is 9.53 Å². The van der Waals surface area contributed by atoms with E-state index < -0.39 is 0 Å². The van der Waals surface area contributed by atoms with E-state index >= 15 is 0 Å². The van der Waals surface area contributed by atoms with Crippen LogP contribution < -0.4 is 5.73 Å². The number of hydrogen-bond acceptors (Lipinski definition) is 3. The van der Waals surface area contributed by atoms with Crippen LogP contribution in [0.3, 0.4) is 0 Å². The Kier molecular flexibility index (Phi) is 5.28. The van der Waals surface area contributed by atoms with Gasteiger partial charge in [-0.15, -0.1) is 0 Å². The first-order chi connectivity index (χ1) is 11.7.